The summed E-state index contributed by atoms with van der Waals surface area (Å²) in [6, 6.07) is 3.68. The summed E-state index contributed by atoms with van der Waals surface area (Å²) in [6.45, 7) is 2.46. The molecule has 0 radical (unpaired) electrons. The first kappa shape index (κ1) is 16.6. The van der Waals surface area contributed by atoms with Crippen molar-refractivity contribution in [1.29, 1.82) is 0 Å². The summed E-state index contributed by atoms with van der Waals surface area (Å²) >= 11 is 1.46. The second-order valence-corrected chi connectivity index (χ2v) is 5.09. The minimum Gasteiger partial charge on any atom is -0.344 e. The number of carbonyl (C=O) groups excluding carboxylic acids is 1. The zero-order valence-corrected chi connectivity index (χ0v) is 12.7. The fourth-order valence-electron chi connectivity index (χ4n) is 1.64. The number of nitrogens with one attached hydrogen (secondary N) is 1. The molecule has 1 amide bonds. The summed E-state index contributed by atoms with van der Waals surface area (Å²) in [7, 11) is 0. The van der Waals surface area contributed by atoms with Crippen LogP contribution in [0.15, 0.2) is 29.9 Å². The molecule has 0 aliphatic rings. The van der Waals surface area contributed by atoms with Crippen molar-refractivity contribution in [1.82, 2.24) is 15.3 Å². The van der Waals surface area contributed by atoms with Crippen LogP contribution in [0.2, 0.25) is 0 Å². The Balaban J connectivity index is 0.00000200. The molecule has 2 aromatic rings. The predicted octanol–water partition coefficient (Wildman–Crippen LogP) is 1.95. The van der Waals surface area contributed by atoms with E-state index in [0.29, 0.717) is 18.7 Å². The Bertz CT molecular complexity index is 546. The maximum atomic E-state index is 12.0. The molecular formula is C13H17ClN4OS. The fraction of sp³-hybridized carbons (Fsp3) is 0.308. The second kappa shape index (κ2) is 7.94. The number of aromatic nitrogens is 2. The van der Waals surface area contributed by atoms with Crippen LogP contribution in [0.1, 0.15) is 34.0 Å². The molecule has 0 bridgehead atoms. The van der Waals surface area contributed by atoms with Crippen molar-refractivity contribution in [3.05, 3.63) is 46.2 Å². The Labute approximate surface area is 128 Å². The van der Waals surface area contributed by atoms with Crippen LogP contribution in [-0.4, -0.2) is 22.4 Å². The van der Waals surface area contributed by atoms with E-state index in [1.165, 1.54) is 11.3 Å². The minimum absolute atomic E-state index is 0. The molecule has 0 spiro atoms. The molecule has 0 saturated heterocycles. The first-order valence-electron chi connectivity index (χ1n) is 6.06. The average Bonchev–Trinajstić information content (AvgIpc) is 2.89. The third-order valence-corrected chi connectivity index (χ3v) is 3.58. The van der Waals surface area contributed by atoms with E-state index in [-0.39, 0.29) is 24.4 Å². The van der Waals surface area contributed by atoms with E-state index in [9.17, 15) is 4.79 Å². The Morgan fingerprint density at radius 3 is 3.00 bits per heavy atom. The molecule has 5 nitrogen and oxygen atoms in total. The van der Waals surface area contributed by atoms with Gasteiger partial charge in [-0.2, -0.15) is 0 Å². The quantitative estimate of drug-likeness (QED) is 0.884. The van der Waals surface area contributed by atoms with Crippen LogP contribution in [-0.2, 0) is 6.42 Å². The van der Waals surface area contributed by atoms with Gasteiger partial charge in [-0.15, -0.1) is 23.7 Å². The van der Waals surface area contributed by atoms with Crippen molar-refractivity contribution in [3.8, 4) is 0 Å². The van der Waals surface area contributed by atoms with Crippen molar-refractivity contribution in [3.63, 3.8) is 0 Å². The molecule has 0 saturated carbocycles. The Morgan fingerprint density at radius 2 is 2.35 bits per heavy atom. The first-order chi connectivity index (χ1) is 9.20. The third-order valence-electron chi connectivity index (χ3n) is 2.67. The van der Waals surface area contributed by atoms with Crippen molar-refractivity contribution in [2.24, 2.45) is 5.73 Å². The summed E-state index contributed by atoms with van der Waals surface area (Å²) in [4.78, 5) is 20.3. The number of pyridine rings is 1. The van der Waals surface area contributed by atoms with Crippen LogP contribution < -0.4 is 11.1 Å². The van der Waals surface area contributed by atoms with E-state index in [4.69, 9.17) is 5.73 Å². The number of amides is 1. The number of rotatable bonds is 5. The number of hydrogen-bond donors (Lipinski definition) is 2. The lowest BCUT2D eigenvalue weighted by Gasteiger charge is -2.12. The zero-order valence-electron chi connectivity index (χ0n) is 11.1. The van der Waals surface area contributed by atoms with Crippen LogP contribution in [0.4, 0.5) is 0 Å². The van der Waals surface area contributed by atoms with Gasteiger partial charge in [-0.3, -0.25) is 9.78 Å². The second-order valence-electron chi connectivity index (χ2n) is 4.15. The van der Waals surface area contributed by atoms with Gasteiger partial charge in [-0.1, -0.05) is 6.07 Å². The largest absolute Gasteiger partial charge is 0.344 e. The molecule has 3 N–H and O–H groups in total. The molecule has 0 aromatic carbocycles. The summed E-state index contributed by atoms with van der Waals surface area (Å²) in [5.41, 5.74) is 6.88. The third kappa shape index (κ3) is 4.26. The first-order valence-corrected chi connectivity index (χ1v) is 6.94. The zero-order chi connectivity index (χ0) is 13.7. The predicted molar refractivity (Wildman–Crippen MR) is 82.2 cm³/mol. The Morgan fingerprint density at radius 1 is 1.55 bits per heavy atom. The van der Waals surface area contributed by atoms with Gasteiger partial charge in [-0.05, 0) is 25.1 Å². The molecule has 20 heavy (non-hydrogen) atoms. The van der Waals surface area contributed by atoms with E-state index >= 15 is 0 Å². The van der Waals surface area contributed by atoms with Gasteiger partial charge >= 0.3 is 0 Å². The molecular weight excluding hydrogens is 296 g/mol. The Kier molecular flexibility index (Phi) is 6.57. The highest BCUT2D eigenvalue weighted by atomic mass is 35.5. The highest BCUT2D eigenvalue weighted by molar-refractivity contribution is 7.09. The van der Waals surface area contributed by atoms with E-state index in [1.807, 2.05) is 19.1 Å². The molecule has 2 rings (SSSR count). The summed E-state index contributed by atoms with van der Waals surface area (Å²) in [6.07, 6.45) is 4.15. The topological polar surface area (TPSA) is 80.9 Å². The lowest BCUT2D eigenvalue weighted by Crippen LogP contribution is -2.27. The minimum atomic E-state index is -0.170. The van der Waals surface area contributed by atoms with Crippen LogP contribution in [0.3, 0.4) is 0 Å². The standard InChI is InChI=1S/C13H16N4OS.ClH/c1-9(10-3-2-6-15-7-10)16-13(18)11-8-19-12(17-11)4-5-14;/h2-3,6-9H,4-5,14H2,1H3,(H,16,18);1H. The van der Waals surface area contributed by atoms with Gasteiger partial charge in [0.15, 0.2) is 0 Å². The van der Waals surface area contributed by atoms with Crippen molar-refractivity contribution < 1.29 is 4.79 Å². The number of hydrogen-bond acceptors (Lipinski definition) is 5. The number of nitrogens with zero attached hydrogens (tertiary/aromatic N) is 2. The van der Waals surface area contributed by atoms with Crippen molar-refractivity contribution >= 4 is 29.7 Å². The number of halogens is 1. The summed E-state index contributed by atoms with van der Waals surface area (Å²) in [5, 5.41) is 5.55. The van der Waals surface area contributed by atoms with E-state index in [0.717, 1.165) is 10.6 Å². The van der Waals surface area contributed by atoms with Gasteiger partial charge in [0.25, 0.3) is 5.91 Å². The molecule has 108 valence electrons. The van der Waals surface area contributed by atoms with Crippen LogP contribution >= 0.6 is 23.7 Å². The van der Waals surface area contributed by atoms with Crippen LogP contribution in [0, 0.1) is 0 Å². The molecule has 1 unspecified atom stereocenters. The molecule has 1 atom stereocenters. The lowest BCUT2D eigenvalue weighted by atomic mass is 10.1. The highest BCUT2D eigenvalue weighted by Gasteiger charge is 2.14. The van der Waals surface area contributed by atoms with Gasteiger partial charge in [0.2, 0.25) is 0 Å². The monoisotopic (exact) mass is 312 g/mol. The molecule has 0 aliphatic heterocycles. The molecule has 0 aliphatic carbocycles. The van der Waals surface area contributed by atoms with Crippen molar-refractivity contribution in [2.75, 3.05) is 6.54 Å². The maximum Gasteiger partial charge on any atom is 0.271 e. The van der Waals surface area contributed by atoms with Gasteiger partial charge < -0.3 is 11.1 Å². The molecule has 0 fully saturated rings. The Hall–Kier alpha value is -1.50. The van der Waals surface area contributed by atoms with Gasteiger partial charge in [0.1, 0.15) is 5.69 Å². The van der Waals surface area contributed by atoms with E-state index in [1.54, 1.807) is 17.8 Å². The molecule has 2 heterocycles. The van der Waals surface area contributed by atoms with Crippen LogP contribution in [0.25, 0.3) is 0 Å². The lowest BCUT2D eigenvalue weighted by molar-refractivity contribution is 0.0935. The highest BCUT2D eigenvalue weighted by Crippen LogP contribution is 2.13. The molecule has 7 heteroatoms. The van der Waals surface area contributed by atoms with Crippen molar-refractivity contribution in [2.45, 2.75) is 19.4 Å². The van der Waals surface area contributed by atoms with E-state index in [2.05, 4.69) is 15.3 Å². The SMILES string of the molecule is CC(NC(=O)c1csc(CCN)n1)c1cccnc1.Cl. The van der Waals surface area contributed by atoms with Gasteiger partial charge in [0, 0.05) is 24.2 Å². The smallest absolute Gasteiger partial charge is 0.271 e. The van der Waals surface area contributed by atoms with Gasteiger partial charge in [-0.25, -0.2) is 4.98 Å². The number of nitrogens with two attached hydrogens (primary N) is 1. The summed E-state index contributed by atoms with van der Waals surface area (Å²) < 4.78 is 0. The number of carbonyl (C=O) groups is 1. The number of thiazole rings is 1. The van der Waals surface area contributed by atoms with E-state index < -0.39 is 0 Å². The molecule has 2 aromatic heterocycles. The normalized spacial score (nSPS) is 11.5. The van der Waals surface area contributed by atoms with Gasteiger partial charge in [0.05, 0.1) is 11.0 Å². The average molecular weight is 313 g/mol. The summed E-state index contributed by atoms with van der Waals surface area (Å²) in [5.74, 6) is -0.170. The van der Waals surface area contributed by atoms with Crippen LogP contribution in [0.5, 0.6) is 0 Å². The fourth-order valence-corrected chi connectivity index (χ4v) is 2.43. The maximum absolute atomic E-state index is 12.0.